The zero-order valence-corrected chi connectivity index (χ0v) is 13.8. The maximum Gasteiger partial charge on any atom is 0.307 e. The minimum Gasteiger partial charge on any atom is -0.481 e. The maximum atomic E-state index is 13.7. The van der Waals surface area contributed by atoms with Gasteiger partial charge in [-0.1, -0.05) is 31.4 Å². The van der Waals surface area contributed by atoms with Crippen molar-refractivity contribution in [1.82, 2.24) is 5.32 Å². The summed E-state index contributed by atoms with van der Waals surface area (Å²) < 4.78 is 13.7. The molecule has 0 heterocycles. The molecule has 0 saturated heterocycles. The highest BCUT2D eigenvalue weighted by Gasteiger charge is 2.42. The molecule has 0 bridgehead atoms. The zero-order chi connectivity index (χ0) is 17.2. The van der Waals surface area contributed by atoms with E-state index in [0.29, 0.717) is 19.4 Å². The molecule has 2 atom stereocenters. The Balaban J connectivity index is 1.71. The van der Waals surface area contributed by atoms with E-state index >= 15 is 0 Å². The fourth-order valence-corrected chi connectivity index (χ4v) is 4.11. The van der Waals surface area contributed by atoms with Gasteiger partial charge >= 0.3 is 5.97 Å². The van der Waals surface area contributed by atoms with Gasteiger partial charge in [0.2, 0.25) is 5.91 Å². The molecule has 1 aromatic carbocycles. The highest BCUT2D eigenvalue weighted by Crippen LogP contribution is 2.40. The first kappa shape index (κ1) is 16.9. The molecule has 1 aromatic rings. The van der Waals surface area contributed by atoms with Crippen molar-refractivity contribution in [2.75, 3.05) is 6.54 Å². The summed E-state index contributed by atoms with van der Waals surface area (Å²) in [6.07, 6.45) is 6.33. The van der Waals surface area contributed by atoms with E-state index in [4.69, 9.17) is 5.11 Å². The van der Waals surface area contributed by atoms with Gasteiger partial charge in [-0.3, -0.25) is 9.59 Å². The van der Waals surface area contributed by atoms with Crippen LogP contribution in [0.15, 0.2) is 24.3 Å². The van der Waals surface area contributed by atoms with E-state index in [1.165, 1.54) is 6.07 Å². The van der Waals surface area contributed by atoms with E-state index in [9.17, 15) is 14.0 Å². The second kappa shape index (κ2) is 6.91. The van der Waals surface area contributed by atoms with E-state index in [2.05, 4.69) is 5.32 Å². The van der Waals surface area contributed by atoms with Crippen molar-refractivity contribution >= 4 is 11.9 Å². The Morgan fingerprint density at radius 1 is 1.17 bits per heavy atom. The van der Waals surface area contributed by atoms with Gasteiger partial charge in [-0.25, -0.2) is 4.39 Å². The van der Waals surface area contributed by atoms with Crippen molar-refractivity contribution in [1.29, 1.82) is 0 Å². The number of nitrogens with one attached hydrogen (secondary N) is 1. The molecule has 0 spiro atoms. The Hall–Kier alpha value is -1.91. The maximum absolute atomic E-state index is 13.7. The van der Waals surface area contributed by atoms with Crippen molar-refractivity contribution in [3.63, 3.8) is 0 Å². The quantitative estimate of drug-likeness (QED) is 0.869. The van der Waals surface area contributed by atoms with Gasteiger partial charge in [-0.2, -0.15) is 0 Å². The lowest BCUT2D eigenvalue weighted by Gasteiger charge is -2.39. The van der Waals surface area contributed by atoms with Gasteiger partial charge in [-0.05, 0) is 43.4 Å². The molecule has 4 nitrogen and oxygen atoms in total. The molecular weight excluding hydrogens is 309 g/mol. The monoisotopic (exact) mass is 333 g/mol. The molecule has 24 heavy (non-hydrogen) atoms. The first-order chi connectivity index (χ1) is 11.5. The molecule has 5 heteroatoms. The van der Waals surface area contributed by atoms with Crippen LogP contribution in [0.2, 0.25) is 0 Å². The number of hydrogen-bond donors (Lipinski definition) is 2. The molecule has 1 amide bonds. The number of carboxylic acid groups (broad SMARTS) is 1. The number of hydrogen-bond acceptors (Lipinski definition) is 2. The summed E-state index contributed by atoms with van der Waals surface area (Å²) in [5, 5.41) is 12.1. The van der Waals surface area contributed by atoms with E-state index in [1.54, 1.807) is 12.1 Å². The summed E-state index contributed by atoms with van der Waals surface area (Å²) in [5.74, 6) is -2.29. The minimum atomic E-state index is -0.890. The number of rotatable bonds is 5. The van der Waals surface area contributed by atoms with E-state index in [-0.39, 0.29) is 17.1 Å². The third-order valence-electron chi connectivity index (χ3n) is 5.78. The van der Waals surface area contributed by atoms with Gasteiger partial charge in [-0.15, -0.1) is 0 Å². The van der Waals surface area contributed by atoms with Crippen LogP contribution in [0.3, 0.4) is 0 Å². The Bertz CT molecular complexity index is 625. The number of aliphatic carboxylic acids is 1. The summed E-state index contributed by atoms with van der Waals surface area (Å²) >= 11 is 0. The highest BCUT2D eigenvalue weighted by molar-refractivity contribution is 5.86. The minimum absolute atomic E-state index is 0.171. The smallest absolute Gasteiger partial charge is 0.307 e. The van der Waals surface area contributed by atoms with Gasteiger partial charge in [0.15, 0.2) is 0 Å². The normalized spacial score (nSPS) is 25.5. The molecule has 2 aliphatic rings. The van der Waals surface area contributed by atoms with Crippen molar-refractivity contribution in [2.45, 2.75) is 50.4 Å². The lowest BCUT2D eigenvalue weighted by atomic mass is 9.68. The largest absolute Gasteiger partial charge is 0.481 e. The molecule has 2 unspecified atom stereocenters. The number of carbonyl (C=O) groups is 2. The van der Waals surface area contributed by atoms with E-state index < -0.39 is 17.8 Å². The predicted octanol–water partition coefficient (Wildman–Crippen LogP) is 3.25. The first-order valence-electron chi connectivity index (χ1n) is 8.78. The number of carbonyl (C=O) groups excluding carboxylic acids is 1. The fraction of sp³-hybridized carbons (Fsp3) is 0.579. The summed E-state index contributed by atoms with van der Waals surface area (Å²) in [6, 6.07) is 6.66. The molecule has 2 fully saturated rings. The predicted molar refractivity (Wildman–Crippen MR) is 88.0 cm³/mol. The lowest BCUT2D eigenvalue weighted by Crippen LogP contribution is -2.48. The van der Waals surface area contributed by atoms with Crippen molar-refractivity contribution < 1.29 is 19.1 Å². The van der Waals surface area contributed by atoms with E-state index in [1.807, 2.05) is 6.07 Å². The second-order valence-electron chi connectivity index (χ2n) is 7.20. The third kappa shape index (κ3) is 3.30. The number of amides is 1. The van der Waals surface area contributed by atoms with Crippen LogP contribution in [0.4, 0.5) is 4.39 Å². The SMILES string of the molecule is O=C(O)C1CCC1C(=O)NCC1(c2cccc(F)c2)CCCCC1. The topological polar surface area (TPSA) is 66.4 Å². The first-order valence-corrected chi connectivity index (χ1v) is 8.78. The summed E-state index contributed by atoms with van der Waals surface area (Å²) in [4.78, 5) is 23.5. The summed E-state index contributed by atoms with van der Waals surface area (Å²) in [5.41, 5.74) is 0.698. The third-order valence-corrected chi connectivity index (χ3v) is 5.78. The fourth-order valence-electron chi connectivity index (χ4n) is 4.11. The zero-order valence-electron chi connectivity index (χ0n) is 13.8. The molecule has 2 N–H and O–H groups in total. The second-order valence-corrected chi connectivity index (χ2v) is 7.20. The summed E-state index contributed by atoms with van der Waals surface area (Å²) in [6.45, 7) is 0.456. The average molecular weight is 333 g/mol. The van der Waals surface area contributed by atoms with Gasteiger partial charge in [0, 0.05) is 12.0 Å². The number of carboxylic acids is 1. The molecule has 0 aliphatic heterocycles. The van der Waals surface area contributed by atoms with Gasteiger partial charge in [0.1, 0.15) is 5.82 Å². The average Bonchev–Trinajstić information content (AvgIpc) is 2.52. The Kier molecular flexibility index (Phi) is 4.88. The van der Waals surface area contributed by atoms with Crippen LogP contribution in [-0.4, -0.2) is 23.5 Å². The number of benzene rings is 1. The van der Waals surface area contributed by atoms with Gasteiger partial charge in [0.05, 0.1) is 11.8 Å². The van der Waals surface area contributed by atoms with Crippen LogP contribution in [-0.2, 0) is 15.0 Å². The standard InChI is InChI=1S/C19H24FNO3/c20-14-6-4-5-13(11-14)19(9-2-1-3-10-19)12-21-17(22)15-7-8-16(15)18(23)24/h4-6,11,15-16H,1-3,7-10,12H2,(H,21,22)(H,23,24). The van der Waals surface area contributed by atoms with Crippen LogP contribution in [0.25, 0.3) is 0 Å². The highest BCUT2D eigenvalue weighted by atomic mass is 19.1. The van der Waals surface area contributed by atoms with Gasteiger partial charge in [0.25, 0.3) is 0 Å². The summed E-state index contributed by atoms with van der Waals surface area (Å²) in [7, 11) is 0. The molecule has 2 saturated carbocycles. The van der Waals surface area contributed by atoms with Crippen molar-refractivity contribution in [2.24, 2.45) is 11.8 Å². The Labute approximate surface area is 141 Å². The van der Waals surface area contributed by atoms with Gasteiger partial charge < -0.3 is 10.4 Å². The molecule has 3 rings (SSSR count). The lowest BCUT2D eigenvalue weighted by molar-refractivity contribution is -0.152. The Morgan fingerprint density at radius 2 is 1.88 bits per heavy atom. The Morgan fingerprint density at radius 3 is 2.46 bits per heavy atom. The molecule has 0 radical (unpaired) electrons. The van der Waals surface area contributed by atoms with E-state index in [0.717, 1.165) is 37.7 Å². The molecule has 130 valence electrons. The van der Waals surface area contributed by atoms with Crippen molar-refractivity contribution in [3.8, 4) is 0 Å². The molecular formula is C19H24FNO3. The molecule has 2 aliphatic carbocycles. The van der Waals surface area contributed by atoms with Crippen LogP contribution < -0.4 is 5.32 Å². The molecule has 0 aromatic heterocycles. The van der Waals surface area contributed by atoms with Crippen molar-refractivity contribution in [3.05, 3.63) is 35.6 Å². The van der Waals surface area contributed by atoms with Crippen LogP contribution >= 0.6 is 0 Å². The number of halogens is 1. The van der Waals surface area contributed by atoms with Crippen LogP contribution in [0.5, 0.6) is 0 Å². The van der Waals surface area contributed by atoms with Crippen LogP contribution in [0.1, 0.15) is 50.5 Å². The van der Waals surface area contributed by atoms with Crippen LogP contribution in [0, 0.1) is 17.7 Å².